The van der Waals surface area contributed by atoms with Crippen molar-refractivity contribution in [3.8, 4) is 0 Å². The zero-order valence-electron chi connectivity index (χ0n) is 8.72. The van der Waals surface area contributed by atoms with E-state index in [0.29, 0.717) is 0 Å². The van der Waals surface area contributed by atoms with E-state index >= 15 is 0 Å². The van der Waals surface area contributed by atoms with Gasteiger partial charge in [0, 0.05) is 17.9 Å². The molecule has 6 heteroatoms. The molecule has 0 unspecified atom stereocenters. The number of aromatic nitrogens is 2. The van der Waals surface area contributed by atoms with Crippen molar-refractivity contribution in [2.45, 2.75) is 0 Å². The number of halogens is 4. The first-order valence-electron chi connectivity index (χ1n) is 4.96. The third-order valence-corrected chi connectivity index (χ3v) is 4.61. The number of fused-ring (bicyclic) bond motifs is 2. The summed E-state index contributed by atoms with van der Waals surface area (Å²) in [4.78, 5) is 9.30. The number of hydrogen-bond donors (Lipinski definition) is 0. The highest BCUT2D eigenvalue weighted by Crippen LogP contribution is 2.31. The summed E-state index contributed by atoms with van der Waals surface area (Å²) in [6, 6.07) is 7.85. The Balaban J connectivity index is 2.51. The highest BCUT2D eigenvalue weighted by atomic mass is 79.9. The van der Waals surface area contributed by atoms with Crippen LogP contribution in [0.3, 0.4) is 0 Å². The molecule has 3 rings (SSSR count). The minimum atomic E-state index is 0.853. The van der Waals surface area contributed by atoms with Gasteiger partial charge < -0.3 is 0 Å². The molecule has 0 saturated carbocycles. The maximum atomic E-state index is 4.65. The van der Waals surface area contributed by atoms with Gasteiger partial charge in [-0.2, -0.15) is 0 Å². The van der Waals surface area contributed by atoms with Crippen LogP contribution in [0.15, 0.2) is 42.2 Å². The number of benzene rings is 2. The molecule has 0 radical (unpaired) electrons. The molecule has 0 N–H and O–H groups in total. The van der Waals surface area contributed by atoms with Gasteiger partial charge >= 0.3 is 0 Å². The van der Waals surface area contributed by atoms with Crippen molar-refractivity contribution in [1.82, 2.24) is 9.97 Å². The summed E-state index contributed by atoms with van der Waals surface area (Å²) >= 11 is 13.9. The molecular weight excluding hydrogens is 492 g/mol. The van der Waals surface area contributed by atoms with Gasteiger partial charge in [0.15, 0.2) is 0 Å². The van der Waals surface area contributed by atoms with Crippen LogP contribution in [0.1, 0.15) is 0 Å². The van der Waals surface area contributed by atoms with E-state index in [1.165, 1.54) is 0 Å². The zero-order chi connectivity index (χ0) is 12.9. The van der Waals surface area contributed by atoms with Gasteiger partial charge in [-0.3, -0.25) is 0 Å². The van der Waals surface area contributed by atoms with E-state index in [-0.39, 0.29) is 0 Å². The van der Waals surface area contributed by atoms with Crippen LogP contribution >= 0.6 is 63.7 Å². The summed E-state index contributed by atoms with van der Waals surface area (Å²) in [5.74, 6) is 0. The van der Waals surface area contributed by atoms with E-state index < -0.39 is 0 Å². The number of hydrogen-bond acceptors (Lipinski definition) is 2. The topological polar surface area (TPSA) is 25.8 Å². The molecule has 2 aromatic carbocycles. The Labute approximate surface area is 137 Å². The Hall–Kier alpha value is -0.0400. The van der Waals surface area contributed by atoms with Gasteiger partial charge in [-0.25, -0.2) is 9.97 Å². The fourth-order valence-corrected chi connectivity index (χ4v) is 4.32. The largest absolute Gasteiger partial charge is 0.243 e. The van der Waals surface area contributed by atoms with Crippen LogP contribution in [0.2, 0.25) is 0 Å². The minimum absolute atomic E-state index is 0.853. The molecule has 0 aliphatic heterocycles. The predicted molar refractivity (Wildman–Crippen MR) is 87.8 cm³/mol. The second-order valence-electron chi connectivity index (χ2n) is 3.73. The Morgan fingerprint density at radius 2 is 1.00 bits per heavy atom. The summed E-state index contributed by atoms with van der Waals surface area (Å²) in [6.07, 6.45) is 0. The quantitative estimate of drug-likeness (QED) is 0.367. The second kappa shape index (κ2) is 4.81. The Bertz CT molecular complexity index is 718. The molecule has 2 nitrogen and oxygen atoms in total. The highest BCUT2D eigenvalue weighted by Gasteiger charge is 2.09. The predicted octanol–water partition coefficient (Wildman–Crippen LogP) is 5.83. The molecule has 0 bridgehead atoms. The van der Waals surface area contributed by atoms with Gasteiger partial charge in [-0.15, -0.1) is 0 Å². The summed E-state index contributed by atoms with van der Waals surface area (Å²) < 4.78 is 3.81. The molecule has 90 valence electrons. The van der Waals surface area contributed by atoms with E-state index in [4.69, 9.17) is 0 Å². The first kappa shape index (κ1) is 13.0. The normalized spacial score (nSPS) is 11.3. The fraction of sp³-hybridized carbons (Fsp3) is 0. The first-order chi connectivity index (χ1) is 8.54. The molecule has 3 aromatic rings. The standard InChI is InChI=1S/C12H4Br4N2/c13-5-1-7(15)11-9(3-5)18-12-8(16)2-6(14)4-10(12)17-11/h1-4H. The highest BCUT2D eigenvalue weighted by molar-refractivity contribution is 9.11. The molecular formula is C12H4Br4N2. The number of nitrogens with zero attached hydrogens (tertiary/aromatic N) is 2. The van der Waals surface area contributed by atoms with Crippen LogP contribution in [0, 0.1) is 0 Å². The van der Waals surface area contributed by atoms with Gasteiger partial charge in [-0.05, 0) is 56.1 Å². The van der Waals surface area contributed by atoms with E-state index in [1.807, 2.05) is 24.3 Å². The molecule has 0 amide bonds. The maximum Gasteiger partial charge on any atom is 0.104 e. The maximum absolute atomic E-state index is 4.65. The molecule has 1 heterocycles. The molecule has 18 heavy (non-hydrogen) atoms. The molecule has 0 aliphatic rings. The second-order valence-corrected chi connectivity index (χ2v) is 7.27. The van der Waals surface area contributed by atoms with Crippen LogP contribution in [-0.2, 0) is 0 Å². The lowest BCUT2D eigenvalue weighted by atomic mass is 10.2. The molecule has 0 atom stereocenters. The van der Waals surface area contributed by atoms with Crippen LogP contribution in [0.5, 0.6) is 0 Å². The number of rotatable bonds is 0. The van der Waals surface area contributed by atoms with Gasteiger partial charge in [0.05, 0.1) is 11.0 Å². The van der Waals surface area contributed by atoms with Gasteiger partial charge in [0.2, 0.25) is 0 Å². The summed E-state index contributed by atoms with van der Waals surface area (Å²) in [5, 5.41) is 0. The van der Waals surface area contributed by atoms with E-state index in [2.05, 4.69) is 73.7 Å². The monoisotopic (exact) mass is 492 g/mol. The lowest BCUT2D eigenvalue weighted by molar-refractivity contribution is 1.37. The SMILES string of the molecule is Brc1cc(Br)c2nc3cc(Br)cc(Br)c3nc2c1. The average molecular weight is 496 g/mol. The van der Waals surface area contributed by atoms with Gasteiger partial charge in [-0.1, -0.05) is 31.9 Å². The Morgan fingerprint density at radius 3 is 1.39 bits per heavy atom. The van der Waals surface area contributed by atoms with Crippen molar-refractivity contribution < 1.29 is 0 Å². The van der Waals surface area contributed by atoms with E-state index in [9.17, 15) is 0 Å². The van der Waals surface area contributed by atoms with Crippen LogP contribution in [0.25, 0.3) is 22.1 Å². The van der Waals surface area contributed by atoms with Crippen molar-refractivity contribution in [2.24, 2.45) is 0 Å². The third-order valence-electron chi connectivity index (χ3n) is 2.48. The minimum Gasteiger partial charge on any atom is -0.243 e. The summed E-state index contributed by atoms with van der Waals surface area (Å²) in [7, 11) is 0. The van der Waals surface area contributed by atoms with Gasteiger partial charge in [0.1, 0.15) is 11.0 Å². The molecule has 0 aliphatic carbocycles. The van der Waals surface area contributed by atoms with Crippen molar-refractivity contribution in [3.63, 3.8) is 0 Å². The van der Waals surface area contributed by atoms with E-state index in [1.54, 1.807) is 0 Å². The molecule has 0 spiro atoms. The van der Waals surface area contributed by atoms with Crippen LogP contribution in [0.4, 0.5) is 0 Å². The molecule has 1 aromatic heterocycles. The van der Waals surface area contributed by atoms with Crippen molar-refractivity contribution in [2.75, 3.05) is 0 Å². The molecule has 0 saturated heterocycles. The Morgan fingerprint density at radius 1 is 0.611 bits per heavy atom. The lowest BCUT2D eigenvalue weighted by Crippen LogP contribution is -1.90. The third kappa shape index (κ3) is 2.24. The molecule has 0 fully saturated rings. The van der Waals surface area contributed by atoms with Crippen molar-refractivity contribution in [1.29, 1.82) is 0 Å². The Kier molecular flexibility index (Phi) is 3.47. The summed E-state index contributed by atoms with van der Waals surface area (Å²) in [5.41, 5.74) is 3.42. The van der Waals surface area contributed by atoms with Crippen molar-refractivity contribution >= 4 is 85.8 Å². The zero-order valence-corrected chi connectivity index (χ0v) is 15.1. The fourth-order valence-electron chi connectivity index (χ4n) is 1.74. The first-order valence-corrected chi connectivity index (χ1v) is 8.13. The van der Waals surface area contributed by atoms with E-state index in [0.717, 1.165) is 40.0 Å². The lowest BCUT2D eigenvalue weighted by Gasteiger charge is -2.05. The summed E-state index contributed by atoms with van der Waals surface area (Å²) in [6.45, 7) is 0. The smallest absolute Gasteiger partial charge is 0.104 e. The van der Waals surface area contributed by atoms with Crippen LogP contribution in [-0.4, -0.2) is 9.97 Å². The average Bonchev–Trinajstić information content (AvgIpc) is 2.27. The van der Waals surface area contributed by atoms with Crippen LogP contribution < -0.4 is 0 Å². The van der Waals surface area contributed by atoms with Gasteiger partial charge in [0.25, 0.3) is 0 Å². The van der Waals surface area contributed by atoms with Crippen molar-refractivity contribution in [3.05, 3.63) is 42.2 Å².